The highest BCUT2D eigenvalue weighted by Crippen LogP contribution is 2.34. The molecule has 1 heterocycles. The lowest BCUT2D eigenvalue weighted by Crippen LogP contribution is -2.24. The van der Waals surface area contributed by atoms with Gasteiger partial charge in [0, 0.05) is 6.42 Å². The van der Waals surface area contributed by atoms with Crippen LogP contribution in [0.1, 0.15) is 71.6 Å². The predicted octanol–water partition coefficient (Wildman–Crippen LogP) is 4.82. The molecule has 0 bridgehead atoms. The molecule has 0 aromatic carbocycles. The van der Waals surface area contributed by atoms with Crippen LogP contribution in [0.5, 0.6) is 0 Å². The number of allylic oxidation sites excluding steroid dienone is 2. The SMILES string of the molecule is C[C@H]1CC2=C(CCCCCCCC2)O[C@@H]1C. The molecule has 0 unspecified atom stereocenters. The van der Waals surface area contributed by atoms with Crippen molar-refractivity contribution < 1.29 is 4.74 Å². The summed E-state index contributed by atoms with van der Waals surface area (Å²) in [6.07, 6.45) is 12.6. The second-order valence-electron chi connectivity index (χ2n) is 5.65. The first-order chi connectivity index (χ1) is 7.77. The first-order valence-corrected chi connectivity index (χ1v) is 7.15. The Labute approximate surface area is 100 Å². The summed E-state index contributed by atoms with van der Waals surface area (Å²) in [5.41, 5.74) is 1.65. The van der Waals surface area contributed by atoms with Gasteiger partial charge in [-0.2, -0.15) is 0 Å². The lowest BCUT2D eigenvalue weighted by molar-refractivity contribution is 0.0569. The first-order valence-electron chi connectivity index (χ1n) is 7.15. The zero-order valence-corrected chi connectivity index (χ0v) is 10.9. The third kappa shape index (κ3) is 3.02. The summed E-state index contributed by atoms with van der Waals surface area (Å²) in [7, 11) is 0. The Morgan fingerprint density at radius 2 is 1.50 bits per heavy atom. The zero-order valence-electron chi connectivity index (χ0n) is 10.9. The molecule has 0 aromatic heterocycles. The Morgan fingerprint density at radius 1 is 0.875 bits per heavy atom. The van der Waals surface area contributed by atoms with E-state index in [2.05, 4.69) is 13.8 Å². The normalized spacial score (nSPS) is 32.9. The van der Waals surface area contributed by atoms with E-state index < -0.39 is 0 Å². The molecule has 1 nitrogen and oxygen atoms in total. The van der Waals surface area contributed by atoms with Crippen molar-refractivity contribution in [1.29, 1.82) is 0 Å². The van der Waals surface area contributed by atoms with Crippen molar-refractivity contribution in [2.24, 2.45) is 5.92 Å². The number of rotatable bonds is 0. The predicted molar refractivity (Wildman–Crippen MR) is 68.3 cm³/mol. The van der Waals surface area contributed by atoms with Crippen LogP contribution in [0, 0.1) is 5.92 Å². The van der Waals surface area contributed by atoms with Crippen molar-refractivity contribution in [2.45, 2.75) is 77.7 Å². The molecule has 92 valence electrons. The number of ether oxygens (including phenoxy) is 1. The van der Waals surface area contributed by atoms with Crippen LogP contribution >= 0.6 is 0 Å². The summed E-state index contributed by atoms with van der Waals surface area (Å²) in [6.45, 7) is 4.56. The standard InChI is InChI=1S/C15H26O/c1-12-11-14-9-7-5-3-4-6-8-10-15(14)16-13(12)2/h12-13H,3-11H2,1-2H3/t12-,13+/m0/s1. The Bertz CT molecular complexity index is 228. The van der Waals surface area contributed by atoms with E-state index in [0.29, 0.717) is 12.0 Å². The second kappa shape index (κ2) is 5.75. The van der Waals surface area contributed by atoms with Gasteiger partial charge in [-0.3, -0.25) is 0 Å². The Morgan fingerprint density at radius 3 is 2.25 bits per heavy atom. The molecule has 0 radical (unpaired) electrons. The van der Waals surface area contributed by atoms with Gasteiger partial charge in [0.05, 0.1) is 11.9 Å². The van der Waals surface area contributed by atoms with Gasteiger partial charge in [-0.15, -0.1) is 0 Å². The summed E-state index contributed by atoms with van der Waals surface area (Å²) in [6, 6.07) is 0. The van der Waals surface area contributed by atoms with E-state index in [4.69, 9.17) is 4.74 Å². The summed E-state index contributed by atoms with van der Waals surface area (Å²) >= 11 is 0. The maximum absolute atomic E-state index is 6.11. The summed E-state index contributed by atoms with van der Waals surface area (Å²) < 4.78 is 6.11. The van der Waals surface area contributed by atoms with Gasteiger partial charge in [-0.1, -0.05) is 32.6 Å². The quantitative estimate of drug-likeness (QED) is 0.571. The fourth-order valence-corrected chi connectivity index (χ4v) is 2.90. The number of hydrogen-bond acceptors (Lipinski definition) is 1. The van der Waals surface area contributed by atoms with Gasteiger partial charge in [0.2, 0.25) is 0 Å². The minimum atomic E-state index is 0.432. The monoisotopic (exact) mass is 222 g/mol. The average Bonchev–Trinajstić information content (AvgIpc) is 2.28. The summed E-state index contributed by atoms with van der Waals surface area (Å²) in [5, 5.41) is 0. The molecule has 0 N–H and O–H groups in total. The van der Waals surface area contributed by atoms with E-state index in [9.17, 15) is 0 Å². The van der Waals surface area contributed by atoms with Gasteiger partial charge in [-0.25, -0.2) is 0 Å². The van der Waals surface area contributed by atoms with E-state index in [0.717, 1.165) is 0 Å². The van der Waals surface area contributed by atoms with Crippen LogP contribution in [0.2, 0.25) is 0 Å². The van der Waals surface area contributed by atoms with Crippen molar-refractivity contribution in [1.82, 2.24) is 0 Å². The molecule has 0 aromatic rings. The van der Waals surface area contributed by atoms with E-state index in [1.807, 2.05) is 0 Å². The minimum absolute atomic E-state index is 0.432. The highest BCUT2D eigenvalue weighted by Gasteiger charge is 2.24. The minimum Gasteiger partial charge on any atom is -0.495 e. The van der Waals surface area contributed by atoms with Crippen LogP contribution in [0.4, 0.5) is 0 Å². The first kappa shape index (κ1) is 12.0. The van der Waals surface area contributed by atoms with E-state index >= 15 is 0 Å². The van der Waals surface area contributed by atoms with Gasteiger partial charge in [0.25, 0.3) is 0 Å². The molecule has 1 aliphatic heterocycles. The van der Waals surface area contributed by atoms with Gasteiger partial charge in [0.15, 0.2) is 0 Å². The fourth-order valence-electron chi connectivity index (χ4n) is 2.90. The van der Waals surface area contributed by atoms with E-state index in [-0.39, 0.29) is 0 Å². The number of hydrogen-bond donors (Lipinski definition) is 0. The average molecular weight is 222 g/mol. The van der Waals surface area contributed by atoms with Crippen LogP contribution in [0.15, 0.2) is 11.3 Å². The molecule has 2 atom stereocenters. The van der Waals surface area contributed by atoms with Crippen LogP contribution in [0.25, 0.3) is 0 Å². The molecule has 0 saturated carbocycles. The summed E-state index contributed by atoms with van der Waals surface area (Å²) in [5.74, 6) is 2.08. The van der Waals surface area contributed by atoms with Crippen molar-refractivity contribution in [2.75, 3.05) is 0 Å². The van der Waals surface area contributed by atoms with Crippen LogP contribution in [-0.4, -0.2) is 6.10 Å². The zero-order chi connectivity index (χ0) is 11.4. The smallest absolute Gasteiger partial charge is 0.0982 e. The molecular formula is C15H26O. The fraction of sp³-hybridized carbons (Fsp3) is 0.867. The van der Waals surface area contributed by atoms with Crippen molar-refractivity contribution in [3.63, 3.8) is 0 Å². The Hall–Kier alpha value is -0.460. The molecule has 2 aliphatic rings. The molecule has 0 amide bonds. The molecule has 1 heteroatoms. The molecule has 1 aliphatic carbocycles. The van der Waals surface area contributed by atoms with E-state index in [1.54, 1.807) is 5.57 Å². The van der Waals surface area contributed by atoms with Gasteiger partial charge < -0.3 is 4.74 Å². The Kier molecular flexibility index (Phi) is 4.31. The third-order valence-corrected chi connectivity index (χ3v) is 4.22. The van der Waals surface area contributed by atoms with E-state index in [1.165, 1.54) is 63.5 Å². The third-order valence-electron chi connectivity index (χ3n) is 4.22. The van der Waals surface area contributed by atoms with Crippen LogP contribution in [-0.2, 0) is 4.74 Å². The van der Waals surface area contributed by atoms with Crippen molar-refractivity contribution >= 4 is 0 Å². The molecule has 0 spiro atoms. The lowest BCUT2D eigenvalue weighted by atomic mass is 9.88. The highest BCUT2D eigenvalue weighted by molar-refractivity contribution is 5.13. The molecule has 0 saturated heterocycles. The maximum atomic E-state index is 6.11. The maximum Gasteiger partial charge on any atom is 0.0982 e. The Balaban J connectivity index is 2.05. The van der Waals surface area contributed by atoms with Gasteiger partial charge in [0.1, 0.15) is 0 Å². The summed E-state index contributed by atoms with van der Waals surface area (Å²) in [4.78, 5) is 0. The molecule has 0 fully saturated rings. The molecular weight excluding hydrogens is 196 g/mol. The van der Waals surface area contributed by atoms with Gasteiger partial charge in [-0.05, 0) is 44.1 Å². The molecule has 16 heavy (non-hydrogen) atoms. The van der Waals surface area contributed by atoms with Crippen LogP contribution < -0.4 is 0 Å². The largest absolute Gasteiger partial charge is 0.495 e. The highest BCUT2D eigenvalue weighted by atomic mass is 16.5. The second-order valence-corrected chi connectivity index (χ2v) is 5.65. The van der Waals surface area contributed by atoms with Crippen molar-refractivity contribution in [3.8, 4) is 0 Å². The van der Waals surface area contributed by atoms with Gasteiger partial charge >= 0.3 is 0 Å². The van der Waals surface area contributed by atoms with Crippen molar-refractivity contribution in [3.05, 3.63) is 11.3 Å². The lowest BCUT2D eigenvalue weighted by Gasteiger charge is -2.32. The topological polar surface area (TPSA) is 9.23 Å². The van der Waals surface area contributed by atoms with Crippen LogP contribution in [0.3, 0.4) is 0 Å². The molecule has 2 rings (SSSR count).